The Bertz CT molecular complexity index is 443. The standard InChI is InChI=1S/C9H17N2O9P/c12-3-4-7(20-21(16,17)18)6(14)8(19-4)11-2-1-5(13)10-9(11)15/h4-8,12-14H,1-3H2,(H,10,15)(H2,16,17,18)/t4-,5?,6-,7-,8-/m1/s1. The van der Waals surface area contributed by atoms with E-state index < -0.39 is 51.2 Å². The van der Waals surface area contributed by atoms with Crippen LogP contribution >= 0.6 is 7.82 Å². The van der Waals surface area contributed by atoms with Crippen LogP contribution in [0.2, 0.25) is 0 Å². The van der Waals surface area contributed by atoms with Crippen molar-refractivity contribution in [3.63, 3.8) is 0 Å². The Kier molecular flexibility index (Phi) is 4.85. The Morgan fingerprint density at radius 3 is 2.62 bits per heavy atom. The van der Waals surface area contributed by atoms with Gasteiger partial charge in [-0.2, -0.15) is 0 Å². The number of rotatable bonds is 4. The van der Waals surface area contributed by atoms with Gasteiger partial charge >= 0.3 is 13.9 Å². The average Bonchev–Trinajstić information content (AvgIpc) is 2.65. The minimum atomic E-state index is -4.90. The molecule has 1 unspecified atom stereocenters. The molecule has 122 valence electrons. The Balaban J connectivity index is 2.12. The van der Waals surface area contributed by atoms with E-state index in [9.17, 15) is 19.6 Å². The summed E-state index contributed by atoms with van der Waals surface area (Å²) in [4.78, 5) is 30.4. The van der Waals surface area contributed by atoms with Crippen LogP contribution in [0.5, 0.6) is 0 Å². The number of nitrogens with one attached hydrogen (secondary N) is 1. The van der Waals surface area contributed by atoms with E-state index in [0.29, 0.717) is 0 Å². The van der Waals surface area contributed by atoms with E-state index in [-0.39, 0.29) is 13.0 Å². The van der Waals surface area contributed by atoms with Gasteiger partial charge < -0.3 is 35.2 Å². The molecule has 12 heteroatoms. The second-order valence-corrected chi connectivity index (χ2v) is 5.94. The van der Waals surface area contributed by atoms with E-state index in [0.717, 1.165) is 4.90 Å². The predicted octanol–water partition coefficient (Wildman–Crippen LogP) is -2.72. The number of ether oxygens (including phenoxy) is 1. The predicted molar refractivity (Wildman–Crippen MR) is 64.5 cm³/mol. The minimum Gasteiger partial charge on any atom is -0.394 e. The summed E-state index contributed by atoms with van der Waals surface area (Å²) in [5.41, 5.74) is 0. The molecule has 2 saturated heterocycles. The normalized spacial score (nSPS) is 37.7. The lowest BCUT2D eigenvalue weighted by atomic mass is 10.1. The number of hydrogen-bond donors (Lipinski definition) is 6. The highest BCUT2D eigenvalue weighted by Gasteiger charge is 2.50. The van der Waals surface area contributed by atoms with E-state index in [1.165, 1.54) is 0 Å². The van der Waals surface area contributed by atoms with Crippen molar-refractivity contribution in [1.29, 1.82) is 0 Å². The van der Waals surface area contributed by atoms with Crippen molar-refractivity contribution < 1.29 is 43.7 Å². The molecule has 0 radical (unpaired) electrons. The zero-order chi connectivity index (χ0) is 15.8. The Morgan fingerprint density at radius 1 is 1.43 bits per heavy atom. The molecule has 0 bridgehead atoms. The van der Waals surface area contributed by atoms with Gasteiger partial charge in [0.25, 0.3) is 0 Å². The number of phosphoric ester groups is 1. The summed E-state index contributed by atoms with van der Waals surface area (Å²) >= 11 is 0. The fourth-order valence-electron chi connectivity index (χ4n) is 2.32. The van der Waals surface area contributed by atoms with Crippen molar-refractivity contribution in [3.05, 3.63) is 0 Å². The van der Waals surface area contributed by atoms with Crippen LogP contribution in [0.25, 0.3) is 0 Å². The average molecular weight is 328 g/mol. The number of aliphatic hydroxyl groups is 3. The minimum absolute atomic E-state index is 0.0650. The number of aliphatic hydroxyl groups excluding tert-OH is 3. The maximum atomic E-state index is 11.7. The van der Waals surface area contributed by atoms with Gasteiger partial charge in [0.1, 0.15) is 24.5 Å². The molecule has 21 heavy (non-hydrogen) atoms. The summed E-state index contributed by atoms with van der Waals surface area (Å²) in [7, 11) is -4.90. The van der Waals surface area contributed by atoms with Gasteiger partial charge in [0.15, 0.2) is 6.23 Å². The van der Waals surface area contributed by atoms with Gasteiger partial charge in [0.05, 0.1) is 6.61 Å². The molecule has 0 aromatic heterocycles. The molecule has 0 aromatic carbocycles. The summed E-state index contributed by atoms with van der Waals surface area (Å²) in [5, 5.41) is 30.7. The SMILES string of the molecule is O=C1NC(O)CCN1[C@@H]1O[C@H](CO)[C@@H](OP(=O)(O)O)[C@H]1O. The van der Waals surface area contributed by atoms with Crippen molar-refractivity contribution in [2.45, 2.75) is 37.2 Å². The van der Waals surface area contributed by atoms with Crippen molar-refractivity contribution in [3.8, 4) is 0 Å². The first-order valence-corrected chi connectivity index (χ1v) is 7.69. The quantitative estimate of drug-likeness (QED) is 0.300. The van der Waals surface area contributed by atoms with Crippen molar-refractivity contribution in [2.24, 2.45) is 0 Å². The number of phosphoric acid groups is 1. The first-order valence-electron chi connectivity index (χ1n) is 6.16. The molecule has 5 atom stereocenters. The van der Waals surface area contributed by atoms with Crippen LogP contribution in [0.4, 0.5) is 4.79 Å². The topological polar surface area (TPSA) is 169 Å². The zero-order valence-corrected chi connectivity index (χ0v) is 11.7. The molecule has 2 amide bonds. The molecule has 2 fully saturated rings. The van der Waals surface area contributed by atoms with Gasteiger partial charge in [-0.05, 0) is 0 Å². The Labute approximate surface area is 119 Å². The van der Waals surface area contributed by atoms with Gasteiger partial charge in [-0.15, -0.1) is 0 Å². The second-order valence-electron chi connectivity index (χ2n) is 4.75. The van der Waals surface area contributed by atoms with E-state index >= 15 is 0 Å². The van der Waals surface area contributed by atoms with Crippen LogP contribution < -0.4 is 5.32 Å². The molecule has 6 N–H and O–H groups in total. The molecule has 0 aromatic rings. The lowest BCUT2D eigenvalue weighted by molar-refractivity contribution is -0.0893. The third kappa shape index (κ3) is 3.71. The highest BCUT2D eigenvalue weighted by molar-refractivity contribution is 7.46. The smallest absolute Gasteiger partial charge is 0.394 e. The molecule has 2 heterocycles. The maximum absolute atomic E-state index is 11.7. The first-order chi connectivity index (χ1) is 9.73. The fourth-order valence-corrected chi connectivity index (χ4v) is 2.89. The van der Waals surface area contributed by atoms with Crippen LogP contribution in [0.3, 0.4) is 0 Å². The molecule has 0 saturated carbocycles. The fraction of sp³-hybridized carbons (Fsp3) is 0.889. The van der Waals surface area contributed by atoms with Crippen LogP contribution in [0.1, 0.15) is 6.42 Å². The molecule has 0 aliphatic carbocycles. The van der Waals surface area contributed by atoms with Gasteiger partial charge in [-0.3, -0.25) is 9.42 Å². The number of amides is 2. The molecule has 2 aliphatic heterocycles. The van der Waals surface area contributed by atoms with E-state index in [2.05, 4.69) is 9.84 Å². The van der Waals surface area contributed by atoms with Gasteiger partial charge in [-0.25, -0.2) is 9.36 Å². The van der Waals surface area contributed by atoms with Crippen LogP contribution in [0.15, 0.2) is 0 Å². The number of carbonyl (C=O) groups excluding carboxylic acids is 1. The van der Waals surface area contributed by atoms with Gasteiger partial charge in [-0.1, -0.05) is 0 Å². The Hall–Kier alpha value is -0.780. The zero-order valence-electron chi connectivity index (χ0n) is 10.8. The molecule has 11 nitrogen and oxygen atoms in total. The molecule has 0 spiro atoms. The van der Waals surface area contributed by atoms with Crippen LogP contribution in [-0.4, -0.2) is 80.0 Å². The summed E-state index contributed by atoms with van der Waals surface area (Å²) in [6, 6.07) is -0.702. The molecule has 2 rings (SSSR count). The highest BCUT2D eigenvalue weighted by Crippen LogP contribution is 2.42. The van der Waals surface area contributed by atoms with E-state index in [4.69, 9.17) is 19.6 Å². The lowest BCUT2D eigenvalue weighted by Crippen LogP contribution is -2.58. The third-order valence-corrected chi connectivity index (χ3v) is 3.77. The summed E-state index contributed by atoms with van der Waals surface area (Å²) in [5.74, 6) is 0. The summed E-state index contributed by atoms with van der Waals surface area (Å²) in [6.07, 6.45) is -6.31. The van der Waals surface area contributed by atoms with Crippen LogP contribution in [0, 0.1) is 0 Å². The van der Waals surface area contributed by atoms with Crippen molar-refractivity contribution >= 4 is 13.9 Å². The largest absolute Gasteiger partial charge is 0.470 e. The summed E-state index contributed by atoms with van der Waals surface area (Å²) < 4.78 is 20.5. The number of nitrogens with zero attached hydrogens (tertiary/aromatic N) is 1. The first kappa shape index (κ1) is 16.6. The molecular formula is C9H17N2O9P. The van der Waals surface area contributed by atoms with E-state index in [1.54, 1.807) is 0 Å². The number of carbonyl (C=O) groups is 1. The van der Waals surface area contributed by atoms with Crippen LogP contribution in [-0.2, 0) is 13.8 Å². The van der Waals surface area contributed by atoms with Crippen molar-refractivity contribution in [1.82, 2.24) is 10.2 Å². The third-order valence-electron chi connectivity index (χ3n) is 3.25. The number of urea groups is 1. The summed E-state index contributed by atoms with van der Waals surface area (Å²) in [6.45, 7) is -0.591. The monoisotopic (exact) mass is 328 g/mol. The number of hydrogen-bond acceptors (Lipinski definition) is 7. The van der Waals surface area contributed by atoms with Gasteiger partial charge in [0, 0.05) is 13.0 Å². The molecular weight excluding hydrogens is 311 g/mol. The lowest BCUT2D eigenvalue weighted by Gasteiger charge is -2.35. The van der Waals surface area contributed by atoms with Gasteiger partial charge in [0.2, 0.25) is 0 Å². The molecule has 2 aliphatic rings. The highest BCUT2D eigenvalue weighted by atomic mass is 31.2. The van der Waals surface area contributed by atoms with Crippen molar-refractivity contribution in [2.75, 3.05) is 13.2 Å². The maximum Gasteiger partial charge on any atom is 0.470 e. The Morgan fingerprint density at radius 2 is 2.10 bits per heavy atom. The second kappa shape index (κ2) is 6.15. The van der Waals surface area contributed by atoms with E-state index in [1.807, 2.05) is 0 Å².